The monoisotopic (exact) mass is 351 g/mol. The largest absolute Gasteiger partial charge is 0.477 e. The summed E-state index contributed by atoms with van der Waals surface area (Å²) >= 11 is 6.98. The van der Waals surface area contributed by atoms with E-state index >= 15 is 0 Å². The lowest BCUT2D eigenvalue weighted by atomic mass is 10.0. The number of aromatic nitrogens is 2. The van der Waals surface area contributed by atoms with Crippen LogP contribution < -0.4 is 5.32 Å². The first-order chi connectivity index (χ1) is 10.3. The molecule has 0 radical (unpaired) electrons. The highest BCUT2D eigenvalue weighted by Crippen LogP contribution is 2.45. The van der Waals surface area contributed by atoms with Gasteiger partial charge in [0.1, 0.15) is 11.4 Å². The molecule has 0 bridgehead atoms. The Labute approximate surface area is 131 Å². The minimum atomic E-state index is -4.53. The van der Waals surface area contributed by atoms with Gasteiger partial charge in [0.25, 0.3) is 0 Å². The van der Waals surface area contributed by atoms with E-state index in [1.54, 1.807) is 12.1 Å². The lowest BCUT2D eigenvalue weighted by molar-refractivity contribution is -0.173. The van der Waals surface area contributed by atoms with Crippen molar-refractivity contribution >= 4 is 34.7 Å². The number of fused-ring (bicyclic) bond motifs is 1. The topological polar surface area (TPSA) is 67.1 Å². The standard InChI is InChI=1S/C12H9ClF3N3O2S/c13-9-2-1-7(22-9)6-3-8(12(14,15)16)19-10(18-6)5(4-17-19)11(20)21/h1-2,4,6,8,18H,3H2,(H,20,21)/t6-,8+/m0/s1. The molecule has 1 aliphatic rings. The van der Waals surface area contributed by atoms with Gasteiger partial charge in [-0.15, -0.1) is 11.3 Å². The Hall–Kier alpha value is -1.74. The zero-order valence-corrected chi connectivity index (χ0v) is 12.3. The fourth-order valence-corrected chi connectivity index (χ4v) is 3.55. The second-order valence-corrected chi connectivity index (χ2v) is 6.54. The van der Waals surface area contributed by atoms with Crippen LogP contribution in [0.5, 0.6) is 0 Å². The Morgan fingerprint density at radius 1 is 1.50 bits per heavy atom. The van der Waals surface area contributed by atoms with Crippen molar-refractivity contribution in [2.45, 2.75) is 24.7 Å². The van der Waals surface area contributed by atoms with E-state index in [1.165, 1.54) is 0 Å². The minimum absolute atomic E-state index is 0.143. The van der Waals surface area contributed by atoms with Crippen LogP contribution in [0.3, 0.4) is 0 Å². The maximum Gasteiger partial charge on any atom is 0.410 e. The van der Waals surface area contributed by atoms with Crippen LogP contribution in [0.1, 0.15) is 33.7 Å². The minimum Gasteiger partial charge on any atom is -0.477 e. The van der Waals surface area contributed by atoms with E-state index < -0.39 is 24.2 Å². The molecule has 2 aromatic rings. The van der Waals surface area contributed by atoms with Crippen molar-refractivity contribution in [2.75, 3.05) is 5.32 Å². The van der Waals surface area contributed by atoms with Gasteiger partial charge in [-0.3, -0.25) is 0 Å². The van der Waals surface area contributed by atoms with Crippen LogP contribution in [0.25, 0.3) is 0 Å². The van der Waals surface area contributed by atoms with Crippen LogP contribution in [-0.4, -0.2) is 27.0 Å². The SMILES string of the molecule is O=C(O)c1cnn2c1N[C@H](c1ccc(Cl)s1)C[C@@H]2C(F)(F)F. The van der Waals surface area contributed by atoms with Crippen LogP contribution in [0.2, 0.25) is 4.34 Å². The van der Waals surface area contributed by atoms with Gasteiger partial charge in [-0.2, -0.15) is 18.3 Å². The predicted molar refractivity (Wildman–Crippen MR) is 74.6 cm³/mol. The van der Waals surface area contributed by atoms with Crippen LogP contribution >= 0.6 is 22.9 Å². The summed E-state index contributed by atoms with van der Waals surface area (Å²) in [5, 5.41) is 15.5. The summed E-state index contributed by atoms with van der Waals surface area (Å²) in [5.74, 6) is -1.48. The fourth-order valence-electron chi connectivity index (χ4n) is 2.42. The van der Waals surface area contributed by atoms with E-state index in [-0.39, 0.29) is 17.8 Å². The lowest BCUT2D eigenvalue weighted by Gasteiger charge is -2.33. The van der Waals surface area contributed by atoms with Crippen LogP contribution in [0, 0.1) is 0 Å². The maximum absolute atomic E-state index is 13.3. The van der Waals surface area contributed by atoms with Gasteiger partial charge in [-0.25, -0.2) is 9.48 Å². The molecule has 2 atom stereocenters. The van der Waals surface area contributed by atoms with Gasteiger partial charge in [-0.1, -0.05) is 11.6 Å². The number of anilines is 1. The molecule has 2 aromatic heterocycles. The third-order valence-electron chi connectivity index (χ3n) is 3.41. The number of thiophene rings is 1. The predicted octanol–water partition coefficient (Wildman–Crippen LogP) is 3.96. The summed E-state index contributed by atoms with van der Waals surface area (Å²) in [6, 6.07) is 0.662. The van der Waals surface area contributed by atoms with Gasteiger partial charge in [0.2, 0.25) is 0 Å². The number of carbonyl (C=O) groups is 1. The first-order valence-corrected chi connectivity index (χ1v) is 7.36. The number of hydrogen-bond donors (Lipinski definition) is 2. The number of rotatable bonds is 2. The van der Waals surface area contributed by atoms with Crippen LogP contribution in [0.4, 0.5) is 19.0 Å². The average Bonchev–Trinajstić information content (AvgIpc) is 3.02. The van der Waals surface area contributed by atoms with E-state index in [2.05, 4.69) is 10.4 Å². The molecular formula is C12H9ClF3N3O2S. The summed E-state index contributed by atoms with van der Waals surface area (Å²) in [5.41, 5.74) is -0.290. The number of halogens is 4. The van der Waals surface area contributed by atoms with Gasteiger partial charge in [0, 0.05) is 11.3 Å². The van der Waals surface area contributed by atoms with Crippen LogP contribution in [-0.2, 0) is 0 Å². The molecule has 1 aliphatic heterocycles. The van der Waals surface area contributed by atoms with Gasteiger partial charge in [0.15, 0.2) is 6.04 Å². The Morgan fingerprint density at radius 2 is 2.23 bits per heavy atom. The Balaban J connectivity index is 2.06. The molecule has 0 aliphatic carbocycles. The Kier molecular flexibility index (Phi) is 3.56. The number of aromatic carboxylic acids is 1. The van der Waals surface area contributed by atoms with Gasteiger partial charge >= 0.3 is 12.1 Å². The van der Waals surface area contributed by atoms with Crippen molar-refractivity contribution in [3.8, 4) is 0 Å². The summed E-state index contributed by atoms with van der Waals surface area (Å²) in [4.78, 5) is 11.8. The second-order valence-electron chi connectivity index (χ2n) is 4.79. The summed E-state index contributed by atoms with van der Waals surface area (Å²) in [6.07, 6.45) is -3.89. The number of carboxylic acid groups (broad SMARTS) is 1. The molecular weight excluding hydrogens is 343 g/mol. The third kappa shape index (κ3) is 2.54. The van der Waals surface area contributed by atoms with Crippen molar-refractivity contribution in [3.63, 3.8) is 0 Å². The van der Waals surface area contributed by atoms with E-state index in [1.807, 2.05) is 0 Å². The van der Waals surface area contributed by atoms with Gasteiger partial charge in [0.05, 0.1) is 16.6 Å². The molecule has 10 heteroatoms. The van der Waals surface area contributed by atoms with Crippen molar-refractivity contribution in [1.82, 2.24) is 9.78 Å². The molecule has 3 rings (SSSR count). The van der Waals surface area contributed by atoms with Crippen molar-refractivity contribution < 1.29 is 23.1 Å². The molecule has 0 saturated carbocycles. The maximum atomic E-state index is 13.3. The zero-order valence-electron chi connectivity index (χ0n) is 10.8. The Bertz CT molecular complexity index is 728. The number of hydrogen-bond acceptors (Lipinski definition) is 4. The van der Waals surface area contributed by atoms with Crippen molar-refractivity contribution in [1.29, 1.82) is 0 Å². The average molecular weight is 352 g/mol. The smallest absolute Gasteiger partial charge is 0.410 e. The normalized spacial score (nSPS) is 21.3. The zero-order chi connectivity index (χ0) is 16.1. The Morgan fingerprint density at radius 3 is 2.77 bits per heavy atom. The third-order valence-corrected chi connectivity index (χ3v) is 4.75. The number of nitrogens with one attached hydrogen (secondary N) is 1. The molecule has 0 aromatic carbocycles. The van der Waals surface area contributed by atoms with E-state index in [0.717, 1.165) is 17.5 Å². The first-order valence-electron chi connectivity index (χ1n) is 6.16. The molecule has 0 amide bonds. The van der Waals surface area contributed by atoms with Gasteiger partial charge in [-0.05, 0) is 12.1 Å². The summed E-state index contributed by atoms with van der Waals surface area (Å²) in [7, 11) is 0. The molecule has 0 saturated heterocycles. The molecule has 0 fully saturated rings. The van der Waals surface area contributed by atoms with E-state index in [0.29, 0.717) is 13.9 Å². The second kappa shape index (κ2) is 5.17. The number of carboxylic acids is 1. The fraction of sp³-hybridized carbons (Fsp3) is 0.333. The first kappa shape index (κ1) is 15.2. The molecule has 2 N–H and O–H groups in total. The lowest BCUT2D eigenvalue weighted by Crippen LogP contribution is -2.35. The molecule has 22 heavy (non-hydrogen) atoms. The molecule has 118 valence electrons. The van der Waals surface area contributed by atoms with Crippen LogP contribution in [0.15, 0.2) is 18.3 Å². The highest BCUT2D eigenvalue weighted by Gasteiger charge is 2.47. The van der Waals surface area contributed by atoms with Crippen molar-refractivity contribution in [2.24, 2.45) is 0 Å². The van der Waals surface area contributed by atoms with Gasteiger partial charge < -0.3 is 10.4 Å². The summed E-state index contributed by atoms with van der Waals surface area (Å²) in [6.45, 7) is 0. The molecule has 0 unspecified atom stereocenters. The summed E-state index contributed by atoms with van der Waals surface area (Å²) < 4.78 is 40.9. The number of nitrogens with zero attached hydrogens (tertiary/aromatic N) is 2. The van der Waals surface area contributed by atoms with E-state index in [4.69, 9.17) is 16.7 Å². The van der Waals surface area contributed by atoms with E-state index in [9.17, 15) is 18.0 Å². The highest BCUT2D eigenvalue weighted by atomic mass is 35.5. The van der Waals surface area contributed by atoms with Crippen molar-refractivity contribution in [3.05, 3.63) is 33.1 Å². The molecule has 0 spiro atoms. The molecule has 5 nitrogen and oxygen atoms in total. The highest BCUT2D eigenvalue weighted by molar-refractivity contribution is 7.16. The number of alkyl halides is 3. The quantitative estimate of drug-likeness (QED) is 0.859. The molecule has 3 heterocycles.